The average Bonchev–Trinajstić information content (AvgIpc) is 2.67. The number of imidazole rings is 1. The zero-order valence-electron chi connectivity index (χ0n) is 10.7. The summed E-state index contributed by atoms with van der Waals surface area (Å²) in [5, 5.41) is 2.39. The molecule has 0 saturated heterocycles. The summed E-state index contributed by atoms with van der Waals surface area (Å²) < 4.78 is 38.3. The van der Waals surface area contributed by atoms with E-state index in [-0.39, 0.29) is 6.54 Å². The summed E-state index contributed by atoms with van der Waals surface area (Å²) in [6.07, 6.45) is -3.28. The molecule has 0 bridgehead atoms. The fourth-order valence-corrected chi connectivity index (χ4v) is 2.05. The van der Waals surface area contributed by atoms with Gasteiger partial charge in [0, 0.05) is 6.54 Å². The summed E-state index contributed by atoms with van der Waals surface area (Å²) in [5.74, 6) is 0.646. The molecule has 2 aromatic rings. The van der Waals surface area contributed by atoms with Gasteiger partial charge in [0.2, 0.25) is 0 Å². The molecule has 6 heteroatoms. The van der Waals surface area contributed by atoms with E-state index in [1.807, 2.05) is 35.8 Å². The lowest BCUT2D eigenvalue weighted by molar-refractivity contribution is -0.125. The SMILES string of the molecule is CCCn1c(CNCC(F)(F)F)nc2ccccc21. The van der Waals surface area contributed by atoms with E-state index < -0.39 is 12.7 Å². The lowest BCUT2D eigenvalue weighted by atomic mass is 10.3. The van der Waals surface area contributed by atoms with Crippen LogP contribution in [0, 0.1) is 0 Å². The maximum atomic E-state index is 12.1. The number of hydrogen-bond acceptors (Lipinski definition) is 2. The van der Waals surface area contributed by atoms with Crippen molar-refractivity contribution in [3.8, 4) is 0 Å². The zero-order chi connectivity index (χ0) is 13.9. The molecule has 2 rings (SSSR count). The summed E-state index contributed by atoms with van der Waals surface area (Å²) in [5.41, 5.74) is 1.79. The normalized spacial score (nSPS) is 12.2. The van der Waals surface area contributed by atoms with E-state index in [0.29, 0.717) is 5.82 Å². The Morgan fingerprint density at radius 3 is 2.68 bits per heavy atom. The Hall–Kier alpha value is -1.56. The number of nitrogens with one attached hydrogen (secondary N) is 1. The van der Waals surface area contributed by atoms with Gasteiger partial charge in [0.1, 0.15) is 5.82 Å². The van der Waals surface area contributed by atoms with Crippen molar-refractivity contribution in [2.24, 2.45) is 0 Å². The molecule has 1 aromatic heterocycles. The molecule has 0 spiro atoms. The minimum Gasteiger partial charge on any atom is -0.327 e. The largest absolute Gasteiger partial charge is 0.401 e. The van der Waals surface area contributed by atoms with Gasteiger partial charge in [0.15, 0.2) is 0 Å². The van der Waals surface area contributed by atoms with Crippen molar-refractivity contribution in [1.82, 2.24) is 14.9 Å². The van der Waals surface area contributed by atoms with Crippen LogP contribution in [0.4, 0.5) is 13.2 Å². The number of rotatable bonds is 5. The second-order valence-electron chi connectivity index (χ2n) is 4.39. The number of fused-ring (bicyclic) bond motifs is 1. The Labute approximate surface area is 109 Å². The van der Waals surface area contributed by atoms with E-state index in [9.17, 15) is 13.2 Å². The molecule has 0 unspecified atom stereocenters. The second-order valence-corrected chi connectivity index (χ2v) is 4.39. The lowest BCUT2D eigenvalue weighted by Gasteiger charge is -2.10. The first-order chi connectivity index (χ1) is 9.01. The smallest absolute Gasteiger partial charge is 0.327 e. The molecule has 3 nitrogen and oxygen atoms in total. The van der Waals surface area contributed by atoms with Crippen LogP contribution < -0.4 is 5.32 Å². The summed E-state index contributed by atoms with van der Waals surface area (Å²) in [7, 11) is 0. The van der Waals surface area contributed by atoms with Crippen LogP contribution in [0.5, 0.6) is 0 Å². The van der Waals surface area contributed by atoms with Gasteiger partial charge in [-0.25, -0.2) is 4.98 Å². The van der Waals surface area contributed by atoms with Gasteiger partial charge in [-0.2, -0.15) is 13.2 Å². The molecule has 0 amide bonds. The fourth-order valence-electron chi connectivity index (χ4n) is 2.05. The lowest BCUT2D eigenvalue weighted by Crippen LogP contribution is -2.29. The third kappa shape index (κ3) is 3.47. The number of aromatic nitrogens is 2. The van der Waals surface area contributed by atoms with E-state index >= 15 is 0 Å². The van der Waals surface area contributed by atoms with Crippen molar-refractivity contribution in [1.29, 1.82) is 0 Å². The molecule has 0 radical (unpaired) electrons. The Balaban J connectivity index is 2.19. The molecule has 104 valence electrons. The van der Waals surface area contributed by atoms with Gasteiger partial charge >= 0.3 is 6.18 Å². The number of alkyl halides is 3. The summed E-state index contributed by atoms with van der Waals surface area (Å²) in [6, 6.07) is 7.58. The van der Waals surface area contributed by atoms with Gasteiger partial charge in [0.25, 0.3) is 0 Å². The summed E-state index contributed by atoms with van der Waals surface area (Å²) in [6.45, 7) is 1.90. The van der Waals surface area contributed by atoms with Crippen molar-refractivity contribution < 1.29 is 13.2 Å². The molecule has 1 N–H and O–H groups in total. The number of aryl methyl sites for hydroxylation is 1. The first kappa shape index (κ1) is 13.9. The molecule has 19 heavy (non-hydrogen) atoms. The topological polar surface area (TPSA) is 29.9 Å². The standard InChI is InChI=1S/C13H16F3N3/c1-2-7-19-11-6-4-3-5-10(11)18-12(19)8-17-9-13(14,15)16/h3-6,17H,2,7-9H2,1H3. The minimum absolute atomic E-state index is 0.119. The van der Waals surface area contributed by atoms with E-state index in [1.165, 1.54) is 0 Å². The van der Waals surface area contributed by atoms with Crippen LogP contribution >= 0.6 is 0 Å². The molecule has 0 saturated carbocycles. The van der Waals surface area contributed by atoms with Crippen LogP contribution in [0.15, 0.2) is 24.3 Å². The average molecular weight is 271 g/mol. The van der Waals surface area contributed by atoms with Crippen LogP contribution in [-0.2, 0) is 13.1 Å². The number of benzene rings is 1. The summed E-state index contributed by atoms with van der Waals surface area (Å²) >= 11 is 0. The first-order valence-electron chi connectivity index (χ1n) is 6.23. The zero-order valence-corrected chi connectivity index (χ0v) is 10.7. The summed E-state index contributed by atoms with van der Waals surface area (Å²) in [4.78, 5) is 4.38. The van der Waals surface area contributed by atoms with Crippen LogP contribution in [0.3, 0.4) is 0 Å². The van der Waals surface area contributed by atoms with Gasteiger partial charge in [-0.3, -0.25) is 0 Å². The van der Waals surface area contributed by atoms with Crippen LogP contribution in [0.2, 0.25) is 0 Å². The van der Waals surface area contributed by atoms with E-state index in [0.717, 1.165) is 24.0 Å². The second kappa shape index (κ2) is 5.61. The minimum atomic E-state index is -4.19. The molecular formula is C13H16F3N3. The Morgan fingerprint density at radius 1 is 1.26 bits per heavy atom. The number of hydrogen-bond donors (Lipinski definition) is 1. The van der Waals surface area contributed by atoms with Gasteiger partial charge in [-0.15, -0.1) is 0 Å². The monoisotopic (exact) mass is 271 g/mol. The van der Waals surface area contributed by atoms with Crippen LogP contribution in [0.25, 0.3) is 11.0 Å². The van der Waals surface area contributed by atoms with E-state index in [4.69, 9.17) is 0 Å². The maximum Gasteiger partial charge on any atom is 0.401 e. The van der Waals surface area contributed by atoms with E-state index in [2.05, 4.69) is 10.3 Å². The molecule has 0 aliphatic rings. The van der Waals surface area contributed by atoms with Crippen molar-refractivity contribution in [3.63, 3.8) is 0 Å². The molecule has 0 aliphatic carbocycles. The first-order valence-corrected chi connectivity index (χ1v) is 6.23. The predicted octanol–water partition coefficient (Wildman–Crippen LogP) is 3.10. The molecule has 0 atom stereocenters. The highest BCUT2D eigenvalue weighted by molar-refractivity contribution is 5.75. The molecule has 1 heterocycles. The Morgan fingerprint density at radius 2 is 2.00 bits per heavy atom. The molecule has 0 aliphatic heterocycles. The Kier molecular flexibility index (Phi) is 4.09. The fraction of sp³-hybridized carbons (Fsp3) is 0.462. The molecular weight excluding hydrogens is 255 g/mol. The highest BCUT2D eigenvalue weighted by Crippen LogP contribution is 2.17. The number of para-hydroxylation sites is 2. The third-order valence-electron chi connectivity index (χ3n) is 2.79. The van der Waals surface area contributed by atoms with Crippen molar-refractivity contribution in [2.75, 3.05) is 6.54 Å². The highest BCUT2D eigenvalue weighted by atomic mass is 19.4. The van der Waals surface area contributed by atoms with Gasteiger partial charge in [-0.1, -0.05) is 19.1 Å². The van der Waals surface area contributed by atoms with E-state index in [1.54, 1.807) is 0 Å². The van der Waals surface area contributed by atoms with Crippen molar-refractivity contribution in [3.05, 3.63) is 30.1 Å². The molecule has 0 fully saturated rings. The van der Waals surface area contributed by atoms with Crippen LogP contribution in [0.1, 0.15) is 19.2 Å². The Bertz CT molecular complexity index is 546. The van der Waals surface area contributed by atoms with Gasteiger partial charge in [0.05, 0.1) is 24.1 Å². The molecule has 1 aromatic carbocycles. The quantitative estimate of drug-likeness (QED) is 0.905. The highest BCUT2D eigenvalue weighted by Gasteiger charge is 2.26. The number of halogens is 3. The van der Waals surface area contributed by atoms with Crippen molar-refractivity contribution in [2.45, 2.75) is 32.6 Å². The van der Waals surface area contributed by atoms with Gasteiger partial charge in [-0.05, 0) is 18.6 Å². The third-order valence-corrected chi connectivity index (χ3v) is 2.79. The van der Waals surface area contributed by atoms with Crippen molar-refractivity contribution >= 4 is 11.0 Å². The number of nitrogens with zero attached hydrogens (tertiary/aromatic N) is 2. The van der Waals surface area contributed by atoms with Crippen LogP contribution in [-0.4, -0.2) is 22.3 Å². The van der Waals surface area contributed by atoms with Gasteiger partial charge < -0.3 is 9.88 Å². The maximum absolute atomic E-state index is 12.1. The predicted molar refractivity (Wildman–Crippen MR) is 67.8 cm³/mol.